The number of nitrogens with one attached hydrogen (secondary N) is 1. The number of carbonyl (C=O) groups is 3. The van der Waals surface area contributed by atoms with Crippen LogP contribution in [0.25, 0.3) is 0 Å². The third-order valence-electron chi connectivity index (χ3n) is 4.66. The Balaban J connectivity index is 2.00. The Morgan fingerprint density at radius 1 is 1.29 bits per heavy atom. The predicted molar refractivity (Wildman–Crippen MR) is 96.3 cm³/mol. The largest absolute Gasteiger partial charge is 0.352 e. The topological polar surface area (TPSA) is 66.5 Å². The summed E-state index contributed by atoms with van der Waals surface area (Å²) in [7, 11) is 0. The summed E-state index contributed by atoms with van der Waals surface area (Å²) >= 11 is 1.33. The van der Waals surface area contributed by atoms with Crippen LogP contribution in [0, 0.1) is 11.3 Å². The second-order valence-electron chi connectivity index (χ2n) is 7.80. The van der Waals surface area contributed by atoms with E-state index in [0.717, 1.165) is 19.3 Å². The number of carbonyl (C=O) groups excluding carboxylic acids is 3. The first kappa shape index (κ1) is 19.0. The fourth-order valence-corrected chi connectivity index (χ4v) is 3.90. The van der Waals surface area contributed by atoms with Crippen molar-refractivity contribution in [1.82, 2.24) is 10.2 Å². The Hall–Kier alpha value is -1.30. The van der Waals surface area contributed by atoms with E-state index in [9.17, 15) is 14.4 Å². The Morgan fingerprint density at radius 2 is 1.96 bits per heavy atom. The van der Waals surface area contributed by atoms with E-state index >= 15 is 0 Å². The molecule has 0 aromatic heterocycles. The maximum atomic E-state index is 12.4. The van der Waals surface area contributed by atoms with Gasteiger partial charge in [-0.3, -0.25) is 19.3 Å². The quantitative estimate of drug-likeness (QED) is 0.790. The highest BCUT2D eigenvalue weighted by Gasteiger charge is 2.32. The van der Waals surface area contributed by atoms with Gasteiger partial charge in [-0.15, -0.1) is 0 Å². The minimum Gasteiger partial charge on any atom is -0.352 e. The molecule has 0 radical (unpaired) electrons. The highest BCUT2D eigenvalue weighted by atomic mass is 32.2. The number of rotatable bonds is 4. The van der Waals surface area contributed by atoms with Crippen LogP contribution in [0.2, 0.25) is 0 Å². The van der Waals surface area contributed by atoms with Gasteiger partial charge in [0.25, 0.3) is 0 Å². The number of hydrogen-bond acceptors (Lipinski definition) is 4. The van der Waals surface area contributed by atoms with Crippen molar-refractivity contribution in [3.05, 3.63) is 11.1 Å². The molecule has 2 fully saturated rings. The molecule has 24 heavy (non-hydrogen) atoms. The van der Waals surface area contributed by atoms with Gasteiger partial charge in [-0.25, -0.2) is 0 Å². The van der Waals surface area contributed by atoms with Crippen LogP contribution in [0.3, 0.4) is 0 Å². The summed E-state index contributed by atoms with van der Waals surface area (Å²) in [5.74, 6) is 0.476. The molecule has 1 aliphatic carbocycles. The molecule has 2 aliphatic rings. The van der Waals surface area contributed by atoms with Crippen LogP contribution in [0.5, 0.6) is 0 Å². The molecule has 0 bridgehead atoms. The van der Waals surface area contributed by atoms with Gasteiger partial charge in [0.1, 0.15) is 6.54 Å². The summed E-state index contributed by atoms with van der Waals surface area (Å²) in [6.07, 6.45) is 6.00. The molecular formula is C18H28N2O3S. The predicted octanol–water partition coefficient (Wildman–Crippen LogP) is 2.71. The van der Waals surface area contributed by atoms with Crippen LogP contribution < -0.4 is 5.32 Å². The normalized spacial score (nSPS) is 26.8. The molecule has 0 aromatic rings. The minimum atomic E-state index is -0.495. The zero-order valence-electron chi connectivity index (χ0n) is 15.1. The maximum absolute atomic E-state index is 12.4. The monoisotopic (exact) mass is 352 g/mol. The van der Waals surface area contributed by atoms with E-state index < -0.39 is 5.41 Å². The van der Waals surface area contributed by atoms with Crippen molar-refractivity contribution in [2.24, 2.45) is 11.3 Å². The smallest absolute Gasteiger partial charge is 0.240 e. The zero-order valence-corrected chi connectivity index (χ0v) is 15.9. The van der Waals surface area contributed by atoms with Crippen LogP contribution >= 0.6 is 11.8 Å². The maximum Gasteiger partial charge on any atom is 0.240 e. The number of hydrogen-bond donors (Lipinski definition) is 1. The molecule has 1 saturated carbocycles. The van der Waals surface area contributed by atoms with Crippen molar-refractivity contribution in [2.75, 3.05) is 12.3 Å². The van der Waals surface area contributed by atoms with Crippen molar-refractivity contribution < 1.29 is 14.4 Å². The van der Waals surface area contributed by atoms with Crippen molar-refractivity contribution in [3.8, 4) is 0 Å². The van der Waals surface area contributed by atoms with E-state index in [0.29, 0.717) is 10.9 Å². The lowest BCUT2D eigenvalue weighted by Gasteiger charge is -2.30. The van der Waals surface area contributed by atoms with Crippen LogP contribution in [0.4, 0.5) is 0 Å². The van der Waals surface area contributed by atoms with Crippen LogP contribution in [0.15, 0.2) is 11.1 Å². The summed E-state index contributed by atoms with van der Waals surface area (Å²) in [4.78, 5) is 38.1. The highest BCUT2D eigenvalue weighted by Crippen LogP contribution is 2.30. The van der Waals surface area contributed by atoms with Gasteiger partial charge in [0.2, 0.25) is 11.8 Å². The van der Waals surface area contributed by atoms with Crippen LogP contribution in [0.1, 0.15) is 53.4 Å². The molecule has 1 aliphatic heterocycles. The molecule has 0 unspecified atom stereocenters. The first-order valence-electron chi connectivity index (χ1n) is 8.67. The zero-order chi connectivity index (χ0) is 17.9. The van der Waals surface area contributed by atoms with Gasteiger partial charge in [-0.1, -0.05) is 52.3 Å². The van der Waals surface area contributed by atoms with E-state index in [1.54, 1.807) is 0 Å². The van der Waals surface area contributed by atoms with Gasteiger partial charge < -0.3 is 5.32 Å². The van der Waals surface area contributed by atoms with Crippen molar-refractivity contribution >= 4 is 29.4 Å². The summed E-state index contributed by atoms with van der Waals surface area (Å²) in [5, 5.41) is 3.66. The lowest BCUT2D eigenvalue weighted by Crippen LogP contribution is -2.45. The molecule has 6 heteroatoms. The van der Waals surface area contributed by atoms with Gasteiger partial charge in [-0.05, 0) is 18.8 Å². The number of allylic oxidation sites excluding steroid dienone is 1. The first-order valence-corrected chi connectivity index (χ1v) is 9.65. The second-order valence-corrected chi connectivity index (χ2v) is 8.80. The van der Waals surface area contributed by atoms with Gasteiger partial charge in [0, 0.05) is 17.5 Å². The van der Waals surface area contributed by atoms with Crippen molar-refractivity contribution in [1.29, 1.82) is 0 Å². The summed E-state index contributed by atoms with van der Waals surface area (Å²) < 4.78 is 0. The summed E-state index contributed by atoms with van der Waals surface area (Å²) in [6.45, 7) is 7.69. The number of thioether (sulfide) groups is 1. The molecule has 2 rings (SSSR count). The fraction of sp³-hybridized carbons (Fsp3) is 0.722. The van der Waals surface area contributed by atoms with E-state index in [2.05, 4.69) is 12.2 Å². The van der Waals surface area contributed by atoms with E-state index in [4.69, 9.17) is 0 Å². The Bertz CT molecular complexity index is 551. The average Bonchev–Trinajstić information content (AvgIpc) is 2.81. The molecule has 0 spiro atoms. The van der Waals surface area contributed by atoms with Crippen LogP contribution in [-0.4, -0.2) is 40.8 Å². The molecular weight excluding hydrogens is 324 g/mol. The third-order valence-corrected chi connectivity index (χ3v) is 5.69. The van der Waals surface area contributed by atoms with Crippen molar-refractivity contribution in [3.63, 3.8) is 0 Å². The molecule has 2 amide bonds. The SMILES string of the molecule is C[C@H]1CCCC[C@@H]1NC(=O)CN1C(=O)CS/C1=C\C(=O)C(C)(C)C. The van der Waals surface area contributed by atoms with Gasteiger partial charge in [0.15, 0.2) is 5.78 Å². The van der Waals surface area contributed by atoms with E-state index in [-0.39, 0.29) is 35.9 Å². The Labute approximate surface area is 148 Å². The molecule has 1 saturated heterocycles. The van der Waals surface area contributed by atoms with E-state index in [1.165, 1.54) is 29.2 Å². The minimum absolute atomic E-state index is 0.00168. The first-order chi connectivity index (χ1) is 11.2. The molecule has 1 N–H and O–H groups in total. The summed E-state index contributed by atoms with van der Waals surface area (Å²) in [6, 6.07) is 0.195. The lowest BCUT2D eigenvalue weighted by molar-refractivity contribution is -0.131. The van der Waals surface area contributed by atoms with Gasteiger partial charge >= 0.3 is 0 Å². The fourth-order valence-electron chi connectivity index (χ4n) is 2.96. The van der Waals surface area contributed by atoms with E-state index in [1.807, 2.05) is 20.8 Å². The number of amides is 2. The molecule has 1 heterocycles. The summed E-state index contributed by atoms with van der Waals surface area (Å²) in [5.41, 5.74) is -0.495. The molecule has 0 aromatic carbocycles. The Kier molecular flexibility index (Phi) is 6.12. The highest BCUT2D eigenvalue weighted by molar-refractivity contribution is 8.04. The molecule has 5 nitrogen and oxygen atoms in total. The average molecular weight is 353 g/mol. The van der Waals surface area contributed by atoms with Gasteiger partial charge in [0.05, 0.1) is 10.8 Å². The number of nitrogens with zero attached hydrogens (tertiary/aromatic N) is 1. The van der Waals surface area contributed by atoms with Crippen LogP contribution in [-0.2, 0) is 14.4 Å². The second kappa shape index (κ2) is 7.72. The van der Waals surface area contributed by atoms with Gasteiger partial charge in [-0.2, -0.15) is 0 Å². The Morgan fingerprint density at radius 3 is 2.58 bits per heavy atom. The molecule has 134 valence electrons. The third kappa shape index (κ3) is 4.85. The van der Waals surface area contributed by atoms with Crippen molar-refractivity contribution in [2.45, 2.75) is 59.4 Å². The molecule has 2 atom stereocenters. The lowest BCUT2D eigenvalue weighted by atomic mass is 9.86. The number of ketones is 1. The standard InChI is InChI=1S/C18H28N2O3S/c1-12-7-5-6-8-13(12)19-15(22)10-20-16(23)11-24-17(20)9-14(21)18(2,3)4/h9,12-13H,5-8,10-11H2,1-4H3,(H,19,22)/b17-9-/t12-,13-/m0/s1.